The number of imidazole rings is 1. The molecule has 1 aliphatic heterocycles. The first kappa shape index (κ1) is 17.6. The number of fused-ring (bicyclic) bond motifs is 5. The zero-order valence-corrected chi connectivity index (χ0v) is 17.5. The summed E-state index contributed by atoms with van der Waals surface area (Å²) in [5.41, 5.74) is 4.21. The Hall–Kier alpha value is -3.26. The lowest BCUT2D eigenvalue weighted by Crippen LogP contribution is -2.45. The van der Waals surface area contributed by atoms with E-state index >= 15 is 0 Å². The highest BCUT2D eigenvalue weighted by Gasteiger charge is 2.36. The summed E-state index contributed by atoms with van der Waals surface area (Å²) in [4.78, 5) is 36.9. The molecule has 0 fully saturated rings. The first-order valence-corrected chi connectivity index (χ1v) is 10.7. The molecule has 0 bridgehead atoms. The molecule has 0 radical (unpaired) electrons. The van der Waals surface area contributed by atoms with Crippen LogP contribution in [0.15, 0.2) is 29.9 Å². The average Bonchev–Trinajstić information content (AvgIpc) is 3.32. The number of aromatic nitrogens is 3. The van der Waals surface area contributed by atoms with Crippen LogP contribution in [0.3, 0.4) is 0 Å². The second-order valence-corrected chi connectivity index (χ2v) is 9.49. The molecular weight excluding hydrogens is 400 g/mol. The van der Waals surface area contributed by atoms with Gasteiger partial charge in [0.1, 0.15) is 11.9 Å². The predicted octanol–water partition coefficient (Wildman–Crippen LogP) is 4.62. The van der Waals surface area contributed by atoms with Gasteiger partial charge in [0.05, 0.1) is 38.0 Å². The van der Waals surface area contributed by atoms with Gasteiger partial charge >= 0.3 is 6.09 Å². The number of carbonyl (C=O) groups is 2. The monoisotopic (exact) mass is 418 g/mol. The molecule has 0 spiro atoms. The minimum atomic E-state index is -0.673. The van der Waals surface area contributed by atoms with Gasteiger partial charge in [-0.25, -0.2) is 14.7 Å². The SMILES string of the molecule is CC(C)(C)OC(=O)N1CCc2nc3ccc4ncn5c6ccsc6c(c2C1=O)c3c45. The molecule has 0 N–H and O–H groups in total. The van der Waals surface area contributed by atoms with E-state index in [1.807, 2.05) is 29.9 Å². The molecule has 5 heterocycles. The third-order valence-corrected chi connectivity index (χ3v) is 6.43. The molecule has 0 saturated carbocycles. The molecule has 6 rings (SSSR count). The van der Waals surface area contributed by atoms with Crippen molar-refractivity contribution in [3.8, 4) is 0 Å². The van der Waals surface area contributed by atoms with Crippen LogP contribution >= 0.6 is 11.3 Å². The number of hydrogen-bond donors (Lipinski definition) is 0. The normalized spacial score (nSPS) is 15.0. The number of benzene rings is 1. The van der Waals surface area contributed by atoms with Gasteiger partial charge in [0.25, 0.3) is 5.91 Å². The van der Waals surface area contributed by atoms with Crippen molar-refractivity contribution in [2.75, 3.05) is 6.54 Å². The van der Waals surface area contributed by atoms with E-state index in [-0.39, 0.29) is 12.5 Å². The summed E-state index contributed by atoms with van der Waals surface area (Å²) >= 11 is 1.58. The lowest BCUT2D eigenvalue weighted by Gasteiger charge is -2.30. The maximum absolute atomic E-state index is 13.6. The number of thiophene rings is 1. The fourth-order valence-electron chi connectivity index (χ4n) is 4.35. The number of nitrogens with zero attached hydrogens (tertiary/aromatic N) is 4. The van der Waals surface area contributed by atoms with Crippen molar-refractivity contribution in [1.82, 2.24) is 19.3 Å². The Kier molecular flexibility index (Phi) is 3.32. The van der Waals surface area contributed by atoms with Crippen molar-refractivity contribution >= 4 is 60.9 Å². The number of pyridine rings is 2. The van der Waals surface area contributed by atoms with E-state index in [9.17, 15) is 9.59 Å². The zero-order valence-electron chi connectivity index (χ0n) is 16.7. The molecular formula is C22H18N4O3S. The summed E-state index contributed by atoms with van der Waals surface area (Å²) in [6.07, 6.45) is 1.70. The molecule has 30 heavy (non-hydrogen) atoms. The molecule has 0 saturated heterocycles. The fourth-order valence-corrected chi connectivity index (χ4v) is 5.29. The number of ether oxygens (including phenoxy) is 1. The highest BCUT2D eigenvalue weighted by Crippen LogP contribution is 2.41. The molecule has 2 amide bonds. The lowest BCUT2D eigenvalue weighted by molar-refractivity contribution is 0.0233. The summed E-state index contributed by atoms with van der Waals surface area (Å²) in [5.74, 6) is -0.348. The topological polar surface area (TPSA) is 76.8 Å². The van der Waals surface area contributed by atoms with Crippen LogP contribution in [-0.4, -0.2) is 43.4 Å². The van der Waals surface area contributed by atoms with Crippen molar-refractivity contribution in [3.05, 3.63) is 41.2 Å². The molecule has 150 valence electrons. The van der Waals surface area contributed by atoms with Gasteiger partial charge in [-0.1, -0.05) is 0 Å². The molecule has 4 aromatic heterocycles. The molecule has 0 aliphatic carbocycles. The lowest BCUT2D eigenvalue weighted by atomic mass is 9.96. The van der Waals surface area contributed by atoms with Gasteiger partial charge < -0.3 is 4.74 Å². The van der Waals surface area contributed by atoms with Crippen LogP contribution in [-0.2, 0) is 11.2 Å². The quantitative estimate of drug-likeness (QED) is 0.367. The first-order valence-electron chi connectivity index (χ1n) is 9.79. The summed E-state index contributed by atoms with van der Waals surface area (Å²) in [6, 6.07) is 5.96. The molecule has 1 aromatic carbocycles. The van der Waals surface area contributed by atoms with Gasteiger partial charge in [0.2, 0.25) is 0 Å². The van der Waals surface area contributed by atoms with Crippen molar-refractivity contribution in [3.63, 3.8) is 0 Å². The van der Waals surface area contributed by atoms with E-state index < -0.39 is 11.7 Å². The zero-order chi connectivity index (χ0) is 20.8. The molecule has 1 aliphatic rings. The minimum absolute atomic E-state index is 0.260. The third-order valence-electron chi connectivity index (χ3n) is 5.51. The van der Waals surface area contributed by atoms with Crippen LogP contribution < -0.4 is 0 Å². The predicted molar refractivity (Wildman–Crippen MR) is 116 cm³/mol. The minimum Gasteiger partial charge on any atom is -0.443 e. The van der Waals surface area contributed by atoms with Crippen LogP contribution in [0.4, 0.5) is 4.79 Å². The second-order valence-electron chi connectivity index (χ2n) is 8.57. The highest BCUT2D eigenvalue weighted by molar-refractivity contribution is 7.18. The highest BCUT2D eigenvalue weighted by atomic mass is 32.1. The van der Waals surface area contributed by atoms with Crippen LogP contribution in [0.2, 0.25) is 0 Å². The van der Waals surface area contributed by atoms with E-state index in [2.05, 4.69) is 9.38 Å². The van der Waals surface area contributed by atoms with Crippen molar-refractivity contribution < 1.29 is 14.3 Å². The third kappa shape index (κ3) is 2.25. The van der Waals surface area contributed by atoms with Gasteiger partial charge in [-0.3, -0.25) is 14.2 Å². The Balaban J connectivity index is 1.68. The smallest absolute Gasteiger partial charge is 0.417 e. The summed E-state index contributed by atoms with van der Waals surface area (Å²) in [5, 5.41) is 3.79. The van der Waals surface area contributed by atoms with E-state index in [4.69, 9.17) is 9.72 Å². The molecule has 5 aromatic rings. The van der Waals surface area contributed by atoms with E-state index in [0.717, 1.165) is 43.2 Å². The van der Waals surface area contributed by atoms with Gasteiger partial charge in [-0.15, -0.1) is 11.3 Å². The Morgan fingerprint density at radius 2 is 1.97 bits per heavy atom. The maximum atomic E-state index is 13.6. The van der Waals surface area contributed by atoms with Crippen LogP contribution in [0.1, 0.15) is 36.8 Å². The second kappa shape index (κ2) is 5.66. The Labute approximate surface area is 175 Å². The number of imide groups is 1. The van der Waals surface area contributed by atoms with E-state index in [0.29, 0.717) is 12.0 Å². The average molecular weight is 418 g/mol. The molecule has 8 heteroatoms. The van der Waals surface area contributed by atoms with E-state index in [1.54, 1.807) is 32.1 Å². The van der Waals surface area contributed by atoms with Crippen molar-refractivity contribution in [2.24, 2.45) is 0 Å². The van der Waals surface area contributed by atoms with Crippen LogP contribution in [0.5, 0.6) is 0 Å². The van der Waals surface area contributed by atoms with Crippen molar-refractivity contribution in [2.45, 2.75) is 32.8 Å². The standard InChI is InChI=1S/C22H18N4O3S/c1-22(2,3)29-21(28)25-8-6-12-16(20(25)27)17-15-11(24-12)4-5-13-18(15)26(10-23-13)14-7-9-30-19(14)17/h4-5,7,9-10H,6,8H2,1-3H3. The molecule has 7 nitrogen and oxygen atoms in total. The molecule has 0 unspecified atom stereocenters. The largest absolute Gasteiger partial charge is 0.443 e. The summed E-state index contributed by atoms with van der Waals surface area (Å²) in [7, 11) is 0. The van der Waals surface area contributed by atoms with Crippen LogP contribution in [0, 0.1) is 0 Å². The van der Waals surface area contributed by atoms with Gasteiger partial charge in [-0.05, 0) is 44.4 Å². The number of amides is 2. The van der Waals surface area contributed by atoms with E-state index in [1.165, 1.54) is 4.90 Å². The van der Waals surface area contributed by atoms with Crippen molar-refractivity contribution in [1.29, 1.82) is 0 Å². The Morgan fingerprint density at radius 3 is 2.77 bits per heavy atom. The Bertz CT molecular complexity index is 1510. The molecule has 0 atom stereocenters. The first-order chi connectivity index (χ1) is 14.3. The number of carbonyl (C=O) groups excluding carboxylic acids is 2. The van der Waals surface area contributed by atoms with Crippen LogP contribution in [0.25, 0.3) is 37.5 Å². The summed E-state index contributed by atoms with van der Waals surface area (Å²) in [6.45, 7) is 5.64. The Morgan fingerprint density at radius 1 is 1.17 bits per heavy atom. The van der Waals surface area contributed by atoms with Gasteiger partial charge in [0, 0.05) is 23.7 Å². The number of rotatable bonds is 0. The van der Waals surface area contributed by atoms with Gasteiger partial charge in [-0.2, -0.15) is 0 Å². The maximum Gasteiger partial charge on any atom is 0.417 e. The van der Waals surface area contributed by atoms with Gasteiger partial charge in [0.15, 0.2) is 0 Å². The summed E-state index contributed by atoms with van der Waals surface area (Å²) < 4.78 is 8.54. The number of hydrogen-bond acceptors (Lipinski definition) is 6. The fraction of sp³-hybridized carbons (Fsp3) is 0.273.